The molecule has 1 fully saturated rings. The van der Waals surface area contributed by atoms with Crippen molar-refractivity contribution < 1.29 is 18.7 Å². The Morgan fingerprint density at radius 3 is 2.97 bits per heavy atom. The lowest BCUT2D eigenvalue weighted by Crippen LogP contribution is -2.37. The fourth-order valence-corrected chi connectivity index (χ4v) is 4.26. The molecule has 1 aromatic carbocycles. The average Bonchev–Trinajstić information content (AvgIpc) is 2.82. The molecule has 0 aliphatic carbocycles. The summed E-state index contributed by atoms with van der Waals surface area (Å²) in [5.41, 5.74) is 8.59. The van der Waals surface area contributed by atoms with Gasteiger partial charge < -0.3 is 25.8 Å². The lowest BCUT2D eigenvalue weighted by atomic mass is 9.97. The van der Waals surface area contributed by atoms with Crippen LogP contribution in [0.4, 0.5) is 26.4 Å². The van der Waals surface area contributed by atoms with Crippen LogP contribution in [0, 0.1) is 12.7 Å². The van der Waals surface area contributed by atoms with Crippen LogP contribution < -0.4 is 26.4 Å². The van der Waals surface area contributed by atoms with Gasteiger partial charge in [-0.3, -0.25) is 5.32 Å². The van der Waals surface area contributed by atoms with E-state index in [1.54, 1.807) is 18.3 Å². The summed E-state index contributed by atoms with van der Waals surface area (Å²) in [4.78, 5) is 20.8. The van der Waals surface area contributed by atoms with Gasteiger partial charge in [-0.2, -0.15) is 0 Å². The normalized spacial score (nSPS) is 17.6. The van der Waals surface area contributed by atoms with E-state index in [1.165, 1.54) is 6.20 Å². The third kappa shape index (κ3) is 4.09. The van der Waals surface area contributed by atoms with Crippen molar-refractivity contribution in [2.24, 2.45) is 0 Å². The van der Waals surface area contributed by atoms with Crippen molar-refractivity contribution in [3.05, 3.63) is 35.9 Å². The van der Waals surface area contributed by atoms with Gasteiger partial charge in [-0.05, 0) is 49.4 Å². The van der Waals surface area contributed by atoms with Crippen molar-refractivity contribution in [2.45, 2.75) is 25.9 Å². The number of rotatable bonds is 3. The molecule has 1 atom stereocenters. The molecule has 0 spiro atoms. The van der Waals surface area contributed by atoms with E-state index in [2.05, 4.69) is 25.9 Å². The van der Waals surface area contributed by atoms with Crippen LogP contribution in [-0.2, 0) is 4.74 Å². The van der Waals surface area contributed by atoms with Gasteiger partial charge in [0.2, 0.25) is 5.88 Å². The summed E-state index contributed by atoms with van der Waals surface area (Å²) in [5, 5.41) is 10.2. The number of hydrogen-bond donors (Lipinski definition) is 4. The maximum Gasteiger partial charge on any atom is 0.413 e. The number of hydrogen-bond acceptors (Lipinski definition) is 8. The Balaban J connectivity index is 1.47. The third-order valence-electron chi connectivity index (χ3n) is 5.99. The first-order chi connectivity index (χ1) is 16.0. The van der Waals surface area contributed by atoms with E-state index >= 15 is 4.39 Å². The van der Waals surface area contributed by atoms with Crippen LogP contribution in [0.15, 0.2) is 24.5 Å². The van der Waals surface area contributed by atoms with Crippen LogP contribution in [0.3, 0.4) is 0 Å². The Bertz CT molecular complexity index is 1230. The first-order valence-corrected chi connectivity index (χ1v) is 10.9. The number of benzene rings is 1. The second-order valence-corrected chi connectivity index (χ2v) is 8.19. The highest BCUT2D eigenvalue weighted by atomic mass is 19.1. The molecule has 1 amide bonds. The van der Waals surface area contributed by atoms with Crippen LogP contribution >= 0.6 is 0 Å². The molecule has 2 aliphatic rings. The molecule has 2 aliphatic heterocycles. The van der Waals surface area contributed by atoms with Crippen molar-refractivity contribution in [3.8, 4) is 17.0 Å². The number of carbonyl (C=O) groups is 1. The molecule has 1 saturated heterocycles. The Hall–Kier alpha value is -3.66. The second-order valence-electron chi connectivity index (χ2n) is 8.19. The van der Waals surface area contributed by atoms with E-state index in [-0.39, 0.29) is 11.8 Å². The van der Waals surface area contributed by atoms with Crippen molar-refractivity contribution in [3.63, 3.8) is 0 Å². The molecule has 4 heterocycles. The zero-order valence-electron chi connectivity index (χ0n) is 18.2. The molecule has 33 heavy (non-hydrogen) atoms. The topological polar surface area (TPSA) is 123 Å². The summed E-state index contributed by atoms with van der Waals surface area (Å²) in [6.45, 7) is 4.61. The molecule has 0 radical (unpaired) electrons. The molecule has 10 heteroatoms. The number of amides is 1. The Morgan fingerprint density at radius 1 is 1.27 bits per heavy atom. The predicted molar refractivity (Wildman–Crippen MR) is 124 cm³/mol. The minimum absolute atomic E-state index is 0.0151. The number of aromatic nitrogens is 2. The fourth-order valence-electron chi connectivity index (χ4n) is 4.26. The zero-order chi connectivity index (χ0) is 22.9. The number of carbonyl (C=O) groups excluding carboxylic acids is 1. The average molecular weight is 452 g/mol. The SMILES string of the molecule is Cc1c(-c2cc3cc(NC(=O)O[C@H]4CCCNC4)ncc3c(N)c2F)cnc2c1NCCO2. The van der Waals surface area contributed by atoms with E-state index in [0.717, 1.165) is 30.6 Å². The quantitative estimate of drug-likeness (QED) is 0.446. The van der Waals surface area contributed by atoms with Crippen LogP contribution in [0.2, 0.25) is 0 Å². The molecule has 5 rings (SSSR count). The molecule has 172 valence electrons. The van der Waals surface area contributed by atoms with E-state index in [4.69, 9.17) is 15.2 Å². The molecular weight excluding hydrogens is 427 g/mol. The number of nitrogens with zero attached hydrogens (tertiary/aromatic N) is 2. The number of nitrogens with one attached hydrogen (secondary N) is 3. The summed E-state index contributed by atoms with van der Waals surface area (Å²) in [6.07, 6.45) is 4.06. The van der Waals surface area contributed by atoms with Gasteiger partial charge in [-0.15, -0.1) is 0 Å². The lowest BCUT2D eigenvalue weighted by Gasteiger charge is -2.23. The zero-order valence-corrected chi connectivity index (χ0v) is 18.2. The Labute approximate surface area is 189 Å². The highest BCUT2D eigenvalue weighted by Crippen LogP contribution is 2.39. The first kappa shape index (κ1) is 21.2. The number of nitrogen functional groups attached to an aromatic ring is 1. The maximum atomic E-state index is 15.3. The molecule has 0 saturated carbocycles. The van der Waals surface area contributed by atoms with Crippen LogP contribution in [0.1, 0.15) is 18.4 Å². The summed E-state index contributed by atoms with van der Waals surface area (Å²) < 4.78 is 26.3. The highest BCUT2D eigenvalue weighted by molar-refractivity contribution is 5.99. The number of ether oxygens (including phenoxy) is 2. The Morgan fingerprint density at radius 2 is 2.15 bits per heavy atom. The molecule has 9 nitrogen and oxygen atoms in total. The monoisotopic (exact) mass is 452 g/mol. The maximum absolute atomic E-state index is 15.3. The van der Waals surface area contributed by atoms with Crippen LogP contribution in [-0.4, -0.2) is 48.4 Å². The third-order valence-corrected chi connectivity index (χ3v) is 5.99. The standard InChI is InChI=1S/C23H25FN6O3/c1-12-16(10-29-22-21(12)27-5-6-32-22)15-7-13-8-18(28-11-17(13)20(25)19(15)24)30-23(31)33-14-3-2-4-26-9-14/h7-8,10-11,14,26-27H,2-6,9,25H2,1H3,(H,28,30,31)/t14-/m0/s1. The number of pyridine rings is 2. The molecule has 2 aromatic heterocycles. The highest BCUT2D eigenvalue weighted by Gasteiger charge is 2.22. The second kappa shape index (κ2) is 8.70. The molecule has 0 unspecified atom stereocenters. The molecule has 5 N–H and O–H groups in total. The largest absolute Gasteiger partial charge is 0.474 e. The van der Waals surface area contributed by atoms with Gasteiger partial charge in [-0.25, -0.2) is 19.2 Å². The van der Waals surface area contributed by atoms with Crippen molar-refractivity contribution >= 4 is 34.1 Å². The molecule has 0 bridgehead atoms. The summed E-state index contributed by atoms with van der Waals surface area (Å²) in [5.74, 6) is 0.249. The van der Waals surface area contributed by atoms with Gasteiger partial charge in [0, 0.05) is 42.0 Å². The number of fused-ring (bicyclic) bond motifs is 2. The number of anilines is 3. The van der Waals surface area contributed by atoms with E-state index in [1.807, 2.05) is 6.92 Å². The predicted octanol–water partition coefficient (Wildman–Crippen LogP) is 3.43. The van der Waals surface area contributed by atoms with Gasteiger partial charge in [0.25, 0.3) is 0 Å². The number of piperidine rings is 1. The van der Waals surface area contributed by atoms with Crippen LogP contribution in [0.25, 0.3) is 21.9 Å². The van der Waals surface area contributed by atoms with E-state index in [9.17, 15) is 4.79 Å². The van der Waals surface area contributed by atoms with Crippen molar-refractivity contribution in [1.82, 2.24) is 15.3 Å². The summed E-state index contributed by atoms with van der Waals surface area (Å²) >= 11 is 0. The Kier molecular flexibility index (Phi) is 5.59. The fraction of sp³-hybridized carbons (Fsp3) is 0.348. The van der Waals surface area contributed by atoms with Gasteiger partial charge in [0.15, 0.2) is 5.82 Å². The summed E-state index contributed by atoms with van der Waals surface area (Å²) in [7, 11) is 0. The minimum atomic E-state index is -0.577. The molecule has 3 aromatic rings. The van der Waals surface area contributed by atoms with E-state index < -0.39 is 11.9 Å². The first-order valence-electron chi connectivity index (χ1n) is 10.9. The van der Waals surface area contributed by atoms with Crippen molar-refractivity contribution in [1.29, 1.82) is 0 Å². The molecular formula is C23H25FN6O3. The summed E-state index contributed by atoms with van der Waals surface area (Å²) in [6, 6.07) is 3.34. The lowest BCUT2D eigenvalue weighted by molar-refractivity contribution is 0.0941. The number of halogens is 1. The minimum Gasteiger partial charge on any atom is -0.474 e. The van der Waals surface area contributed by atoms with E-state index in [0.29, 0.717) is 53.3 Å². The van der Waals surface area contributed by atoms with Gasteiger partial charge in [-0.1, -0.05) is 0 Å². The smallest absolute Gasteiger partial charge is 0.413 e. The van der Waals surface area contributed by atoms with Crippen LogP contribution in [0.5, 0.6) is 5.88 Å². The van der Waals surface area contributed by atoms with Crippen molar-refractivity contribution in [2.75, 3.05) is 42.6 Å². The van der Waals surface area contributed by atoms with Gasteiger partial charge in [0.05, 0.1) is 5.69 Å². The number of nitrogens with two attached hydrogens (primary N) is 1. The van der Waals surface area contributed by atoms with Gasteiger partial charge >= 0.3 is 6.09 Å². The van der Waals surface area contributed by atoms with Gasteiger partial charge in [0.1, 0.15) is 24.2 Å².